The van der Waals surface area contributed by atoms with E-state index in [0.29, 0.717) is 13.0 Å². The van der Waals surface area contributed by atoms with Crippen molar-refractivity contribution >= 4 is 7.60 Å². The van der Waals surface area contributed by atoms with Crippen LogP contribution in [0.15, 0.2) is 30.3 Å². The molecule has 4 nitrogen and oxygen atoms in total. The van der Waals surface area contributed by atoms with Gasteiger partial charge < -0.3 is 9.05 Å². The molecule has 0 bridgehead atoms. The van der Waals surface area contributed by atoms with Crippen molar-refractivity contribution in [2.75, 3.05) is 14.2 Å². The van der Waals surface area contributed by atoms with Crippen LogP contribution in [-0.4, -0.2) is 19.5 Å². The Labute approximate surface area is 109 Å². The Morgan fingerprint density at radius 2 is 1.78 bits per heavy atom. The number of benzene rings is 1. The van der Waals surface area contributed by atoms with Crippen molar-refractivity contribution in [3.05, 3.63) is 35.9 Å². The highest BCUT2D eigenvalue weighted by Gasteiger charge is 2.44. The standard InChI is InChI=1S/C13H22NO3P/c1-5-13(2,18(15,16-3)17-4)14-11-12-9-7-6-8-10-12/h6-10,14H,5,11H2,1-4H3. The fourth-order valence-electron chi connectivity index (χ4n) is 1.78. The first-order valence-electron chi connectivity index (χ1n) is 6.02. The summed E-state index contributed by atoms with van der Waals surface area (Å²) < 4.78 is 22.7. The Morgan fingerprint density at radius 1 is 1.22 bits per heavy atom. The van der Waals surface area contributed by atoms with Crippen LogP contribution in [0.4, 0.5) is 0 Å². The van der Waals surface area contributed by atoms with E-state index in [2.05, 4.69) is 5.32 Å². The van der Waals surface area contributed by atoms with E-state index in [4.69, 9.17) is 9.05 Å². The van der Waals surface area contributed by atoms with Crippen molar-refractivity contribution in [2.24, 2.45) is 0 Å². The smallest absolute Gasteiger partial charge is 0.311 e. The molecule has 0 saturated heterocycles. The number of nitrogens with one attached hydrogen (secondary N) is 1. The predicted molar refractivity (Wildman–Crippen MR) is 73.6 cm³/mol. The quantitative estimate of drug-likeness (QED) is 0.772. The monoisotopic (exact) mass is 271 g/mol. The van der Waals surface area contributed by atoms with Crippen LogP contribution in [0.3, 0.4) is 0 Å². The Hall–Kier alpha value is -0.670. The van der Waals surface area contributed by atoms with Gasteiger partial charge in [-0.15, -0.1) is 0 Å². The van der Waals surface area contributed by atoms with Gasteiger partial charge in [0.2, 0.25) is 0 Å². The van der Waals surface area contributed by atoms with Crippen LogP contribution in [0.5, 0.6) is 0 Å². The molecular weight excluding hydrogens is 249 g/mol. The third-order valence-corrected chi connectivity index (χ3v) is 5.93. The van der Waals surface area contributed by atoms with Crippen LogP contribution >= 0.6 is 7.60 Å². The van der Waals surface area contributed by atoms with Gasteiger partial charge in [0.05, 0.1) is 0 Å². The lowest BCUT2D eigenvalue weighted by Gasteiger charge is -2.34. The second-order valence-electron chi connectivity index (χ2n) is 4.33. The van der Waals surface area contributed by atoms with Gasteiger partial charge in [0.15, 0.2) is 0 Å². The van der Waals surface area contributed by atoms with E-state index in [1.54, 1.807) is 0 Å². The lowest BCUT2D eigenvalue weighted by atomic mass is 10.2. The predicted octanol–water partition coefficient (Wildman–Crippen LogP) is 3.39. The van der Waals surface area contributed by atoms with E-state index in [-0.39, 0.29) is 0 Å². The van der Waals surface area contributed by atoms with Crippen LogP contribution in [0.1, 0.15) is 25.8 Å². The van der Waals surface area contributed by atoms with Gasteiger partial charge in [0.1, 0.15) is 5.28 Å². The maximum absolute atomic E-state index is 12.5. The van der Waals surface area contributed by atoms with Crippen molar-refractivity contribution in [2.45, 2.75) is 32.1 Å². The number of hydrogen-bond donors (Lipinski definition) is 1. The van der Waals surface area contributed by atoms with E-state index in [9.17, 15) is 4.57 Å². The van der Waals surface area contributed by atoms with Gasteiger partial charge in [-0.1, -0.05) is 37.3 Å². The third kappa shape index (κ3) is 3.21. The van der Waals surface area contributed by atoms with Crippen molar-refractivity contribution in [3.8, 4) is 0 Å². The second-order valence-corrected chi connectivity index (χ2v) is 7.04. The van der Waals surface area contributed by atoms with Crippen LogP contribution in [-0.2, 0) is 20.2 Å². The van der Waals surface area contributed by atoms with Crippen LogP contribution in [0.2, 0.25) is 0 Å². The zero-order valence-electron chi connectivity index (χ0n) is 11.5. The largest absolute Gasteiger partial charge is 0.349 e. The summed E-state index contributed by atoms with van der Waals surface area (Å²) in [5.74, 6) is 0. The summed E-state index contributed by atoms with van der Waals surface area (Å²) in [5, 5.41) is 2.60. The fraction of sp³-hybridized carbons (Fsp3) is 0.538. The van der Waals surface area contributed by atoms with Gasteiger partial charge in [-0.2, -0.15) is 0 Å². The average Bonchev–Trinajstić information content (AvgIpc) is 2.44. The lowest BCUT2D eigenvalue weighted by Crippen LogP contribution is -2.41. The van der Waals surface area contributed by atoms with Crippen molar-refractivity contribution < 1.29 is 13.6 Å². The highest BCUT2D eigenvalue weighted by molar-refractivity contribution is 7.55. The molecule has 0 amide bonds. The Morgan fingerprint density at radius 3 is 2.22 bits per heavy atom. The molecule has 0 aliphatic rings. The normalized spacial score (nSPS) is 15.3. The molecule has 0 fully saturated rings. The molecule has 1 atom stereocenters. The molecule has 1 rings (SSSR count). The van der Waals surface area contributed by atoms with Gasteiger partial charge in [0.25, 0.3) is 0 Å². The number of hydrogen-bond acceptors (Lipinski definition) is 4. The second kappa shape index (κ2) is 6.48. The SMILES string of the molecule is CCC(C)(NCc1ccccc1)P(=O)(OC)OC. The Bertz CT molecular complexity index is 402. The lowest BCUT2D eigenvalue weighted by molar-refractivity contribution is 0.231. The first-order chi connectivity index (χ1) is 8.51. The topological polar surface area (TPSA) is 47.6 Å². The van der Waals surface area contributed by atoms with E-state index in [1.807, 2.05) is 44.2 Å². The maximum atomic E-state index is 12.5. The fourth-order valence-corrected chi connectivity index (χ4v) is 3.40. The van der Waals surface area contributed by atoms with Crippen molar-refractivity contribution in [3.63, 3.8) is 0 Å². The number of rotatable bonds is 7. The van der Waals surface area contributed by atoms with E-state index in [0.717, 1.165) is 5.56 Å². The summed E-state index contributed by atoms with van der Waals surface area (Å²) in [6.45, 7) is 4.45. The molecule has 1 aromatic rings. The molecule has 0 spiro atoms. The summed E-state index contributed by atoms with van der Waals surface area (Å²) in [6.07, 6.45) is 0.652. The van der Waals surface area contributed by atoms with E-state index < -0.39 is 12.9 Å². The first kappa shape index (κ1) is 15.4. The summed E-state index contributed by atoms with van der Waals surface area (Å²) in [7, 11) is -0.313. The highest BCUT2D eigenvalue weighted by atomic mass is 31.2. The zero-order chi connectivity index (χ0) is 13.6. The highest BCUT2D eigenvalue weighted by Crippen LogP contribution is 2.58. The summed E-state index contributed by atoms with van der Waals surface area (Å²) in [5.41, 5.74) is 1.14. The minimum Gasteiger partial charge on any atom is -0.311 e. The van der Waals surface area contributed by atoms with E-state index in [1.165, 1.54) is 14.2 Å². The van der Waals surface area contributed by atoms with Crippen LogP contribution in [0.25, 0.3) is 0 Å². The van der Waals surface area contributed by atoms with Gasteiger partial charge in [-0.25, -0.2) is 0 Å². The molecule has 0 aliphatic heterocycles. The summed E-state index contributed by atoms with van der Waals surface area (Å²) >= 11 is 0. The third-order valence-electron chi connectivity index (χ3n) is 3.29. The maximum Gasteiger partial charge on any atom is 0.349 e. The van der Waals surface area contributed by atoms with Crippen LogP contribution < -0.4 is 5.32 Å². The minimum atomic E-state index is -3.15. The van der Waals surface area contributed by atoms with Gasteiger partial charge >= 0.3 is 7.60 Å². The molecule has 0 aromatic heterocycles. The summed E-state index contributed by atoms with van der Waals surface area (Å²) in [4.78, 5) is 0. The molecule has 0 heterocycles. The van der Waals surface area contributed by atoms with Crippen molar-refractivity contribution in [1.82, 2.24) is 5.32 Å². The molecule has 18 heavy (non-hydrogen) atoms. The molecule has 1 N–H and O–H groups in total. The van der Waals surface area contributed by atoms with Gasteiger partial charge in [-0.3, -0.25) is 9.88 Å². The van der Waals surface area contributed by atoms with E-state index >= 15 is 0 Å². The molecule has 0 aliphatic carbocycles. The Balaban J connectivity index is 2.81. The molecule has 1 unspecified atom stereocenters. The molecule has 0 saturated carbocycles. The summed E-state index contributed by atoms with van der Waals surface area (Å²) in [6, 6.07) is 9.97. The minimum absolute atomic E-state index is 0.627. The average molecular weight is 271 g/mol. The molecule has 102 valence electrons. The molecular formula is C13H22NO3P. The molecule has 1 aromatic carbocycles. The van der Waals surface area contributed by atoms with Gasteiger partial charge in [-0.05, 0) is 18.9 Å². The Kier molecular flexibility index (Phi) is 5.54. The molecule has 5 heteroatoms. The molecule has 0 radical (unpaired) electrons. The van der Waals surface area contributed by atoms with Crippen molar-refractivity contribution in [1.29, 1.82) is 0 Å². The first-order valence-corrected chi connectivity index (χ1v) is 7.56. The van der Waals surface area contributed by atoms with Gasteiger partial charge in [0, 0.05) is 20.8 Å². The van der Waals surface area contributed by atoms with Crippen LogP contribution in [0, 0.1) is 0 Å². The zero-order valence-corrected chi connectivity index (χ0v) is 12.4.